The lowest BCUT2D eigenvalue weighted by molar-refractivity contribution is -0.376. The van der Waals surface area contributed by atoms with Crippen LogP contribution in [-0.4, -0.2) is 46.1 Å². The van der Waals surface area contributed by atoms with Gasteiger partial charge in [-0.05, 0) is 20.8 Å². The summed E-state index contributed by atoms with van der Waals surface area (Å²) in [6.45, 7) is 5.47. The van der Waals surface area contributed by atoms with E-state index in [1.165, 1.54) is 0 Å². The summed E-state index contributed by atoms with van der Waals surface area (Å²) in [5, 5.41) is 9.62. The summed E-state index contributed by atoms with van der Waals surface area (Å²) in [7, 11) is -3.49. The van der Waals surface area contributed by atoms with E-state index < -0.39 is 32.3 Å². The summed E-state index contributed by atoms with van der Waals surface area (Å²) < 4.78 is 94.3. The van der Waals surface area contributed by atoms with Gasteiger partial charge in [0.25, 0.3) is 5.60 Å². The van der Waals surface area contributed by atoms with Crippen molar-refractivity contribution in [2.75, 3.05) is 19.8 Å². The van der Waals surface area contributed by atoms with Crippen LogP contribution in [0, 0.1) is 0 Å². The molecule has 0 aliphatic rings. The molecule has 0 aliphatic carbocycles. The van der Waals surface area contributed by atoms with Crippen LogP contribution in [-0.2, 0) is 18.9 Å². The molecule has 0 amide bonds. The van der Waals surface area contributed by atoms with Gasteiger partial charge >= 0.3 is 21.2 Å². The first-order valence-corrected chi connectivity index (χ1v) is 9.50. The Bertz CT molecular complexity index is 542. The first-order chi connectivity index (χ1) is 11.9. The zero-order valence-electron chi connectivity index (χ0n) is 14.4. The zero-order valence-corrected chi connectivity index (χ0v) is 15.4. The second-order valence-corrected chi connectivity index (χ2v) is 7.69. The monoisotopic (exact) mass is 406 g/mol. The molecule has 1 N–H and O–H groups in total. The lowest BCUT2D eigenvalue weighted by Gasteiger charge is -2.33. The average molecular weight is 406 g/mol. The quantitative estimate of drug-likeness (QED) is 0.532. The van der Waals surface area contributed by atoms with Crippen molar-refractivity contribution in [2.45, 2.75) is 38.7 Å². The maximum atomic E-state index is 12.9. The normalized spacial score (nSPS) is 13.9. The van der Waals surface area contributed by atoms with Crippen molar-refractivity contribution in [1.82, 2.24) is 0 Å². The van der Waals surface area contributed by atoms with Crippen LogP contribution in [0.25, 0.3) is 0 Å². The summed E-state index contributed by atoms with van der Waals surface area (Å²) in [4.78, 5) is 0. The van der Waals surface area contributed by atoms with Crippen LogP contribution in [0.2, 0.25) is 0 Å². The van der Waals surface area contributed by atoms with Gasteiger partial charge in [-0.1, -0.05) is 24.3 Å². The highest BCUT2D eigenvalue weighted by atomic mass is 28.4. The molecule has 150 valence electrons. The predicted molar refractivity (Wildman–Crippen MR) is 82.7 cm³/mol. The largest absolute Gasteiger partial charge is 0.537 e. The van der Waals surface area contributed by atoms with E-state index in [9.17, 15) is 31.4 Å². The summed E-state index contributed by atoms with van der Waals surface area (Å²) in [5.41, 5.74) is -6.33. The Morgan fingerprint density at radius 1 is 0.769 bits per heavy atom. The lowest BCUT2D eigenvalue weighted by atomic mass is 9.92. The Morgan fingerprint density at radius 2 is 1.12 bits per heavy atom. The van der Waals surface area contributed by atoms with Crippen LogP contribution in [0.15, 0.2) is 24.3 Å². The third kappa shape index (κ3) is 4.22. The van der Waals surface area contributed by atoms with Crippen molar-refractivity contribution in [3.8, 4) is 0 Å². The number of hydrogen-bond acceptors (Lipinski definition) is 4. The number of aliphatic hydroxyl groups is 1. The van der Waals surface area contributed by atoms with Gasteiger partial charge in [0.1, 0.15) is 0 Å². The van der Waals surface area contributed by atoms with Gasteiger partial charge in [0.2, 0.25) is 0 Å². The van der Waals surface area contributed by atoms with Crippen molar-refractivity contribution in [2.24, 2.45) is 0 Å². The molecule has 0 saturated heterocycles. The third-order valence-corrected chi connectivity index (χ3v) is 6.53. The highest BCUT2D eigenvalue weighted by molar-refractivity contribution is 6.75. The Hall–Kier alpha value is -1.14. The fourth-order valence-electron chi connectivity index (χ4n) is 2.35. The summed E-state index contributed by atoms with van der Waals surface area (Å²) in [6.07, 6.45) is -11.9. The molecule has 0 heterocycles. The minimum Gasteiger partial charge on any atom is -0.370 e. The van der Waals surface area contributed by atoms with Gasteiger partial charge in [0, 0.05) is 30.6 Å². The van der Waals surface area contributed by atoms with Crippen LogP contribution in [0.3, 0.4) is 0 Å². The van der Waals surface area contributed by atoms with Crippen LogP contribution in [0.1, 0.15) is 26.3 Å². The maximum absolute atomic E-state index is 12.9. The Balaban J connectivity index is 3.43. The molecule has 0 fully saturated rings. The Kier molecular flexibility index (Phi) is 7.27. The second kappa shape index (κ2) is 8.25. The predicted octanol–water partition coefficient (Wildman–Crippen LogP) is 3.25. The molecule has 0 radical (unpaired) electrons. The van der Waals surface area contributed by atoms with Gasteiger partial charge in [-0.3, -0.25) is 0 Å². The molecule has 1 aromatic carbocycles. The minimum absolute atomic E-state index is 0.170. The first kappa shape index (κ1) is 22.9. The van der Waals surface area contributed by atoms with Crippen LogP contribution in [0.4, 0.5) is 26.3 Å². The summed E-state index contributed by atoms with van der Waals surface area (Å²) in [5.74, 6) is 0. The highest BCUT2D eigenvalue weighted by Gasteiger charge is 2.71. The smallest absolute Gasteiger partial charge is 0.370 e. The van der Waals surface area contributed by atoms with E-state index in [-0.39, 0.29) is 25.0 Å². The molecule has 1 rings (SSSR count). The SMILES string of the molecule is CCO[Si](OCC)(OCC)c1ccc(C(O)(C(F)(F)F)C(F)(F)F)cc1. The standard InChI is InChI=1S/C15H20F6O4Si/c1-4-23-26(24-5-2,25-6-3)12-9-7-11(8-10-12)13(22,14(16,17)18)15(19,20)21/h7-10,22H,4-6H2,1-3H3. The molecule has 1 aromatic rings. The van der Waals surface area contributed by atoms with E-state index >= 15 is 0 Å². The molecule has 4 nitrogen and oxygen atoms in total. The molecular formula is C15H20F6O4Si. The Labute approximate surface area is 148 Å². The molecule has 0 spiro atoms. The van der Waals surface area contributed by atoms with E-state index in [2.05, 4.69) is 0 Å². The van der Waals surface area contributed by atoms with E-state index in [0.29, 0.717) is 12.1 Å². The molecule has 0 aliphatic heterocycles. The van der Waals surface area contributed by atoms with Crippen molar-refractivity contribution in [1.29, 1.82) is 0 Å². The number of benzene rings is 1. The maximum Gasteiger partial charge on any atom is 0.537 e. The van der Waals surface area contributed by atoms with E-state index in [0.717, 1.165) is 12.1 Å². The summed E-state index contributed by atoms with van der Waals surface area (Å²) >= 11 is 0. The molecule has 0 unspecified atom stereocenters. The van der Waals surface area contributed by atoms with Crippen molar-refractivity contribution in [3.63, 3.8) is 0 Å². The molecule has 26 heavy (non-hydrogen) atoms. The van der Waals surface area contributed by atoms with E-state index in [4.69, 9.17) is 13.3 Å². The second-order valence-electron chi connectivity index (χ2n) is 5.14. The van der Waals surface area contributed by atoms with Crippen LogP contribution < -0.4 is 5.19 Å². The fraction of sp³-hybridized carbons (Fsp3) is 0.600. The van der Waals surface area contributed by atoms with Crippen LogP contribution >= 0.6 is 0 Å². The summed E-state index contributed by atoms with van der Waals surface area (Å²) in [6, 6.07) is 3.08. The topological polar surface area (TPSA) is 47.9 Å². The molecule has 0 atom stereocenters. The number of alkyl halides is 6. The van der Waals surface area contributed by atoms with Gasteiger partial charge in [0.05, 0.1) is 0 Å². The van der Waals surface area contributed by atoms with Gasteiger partial charge in [0.15, 0.2) is 0 Å². The Morgan fingerprint density at radius 3 is 1.38 bits per heavy atom. The van der Waals surface area contributed by atoms with Crippen molar-refractivity contribution < 1.29 is 44.7 Å². The molecular weight excluding hydrogens is 386 g/mol. The third-order valence-electron chi connectivity index (χ3n) is 3.48. The highest BCUT2D eigenvalue weighted by Crippen LogP contribution is 2.49. The van der Waals surface area contributed by atoms with Gasteiger partial charge in [-0.25, -0.2) is 0 Å². The molecule has 0 bridgehead atoms. The fourth-order valence-corrected chi connectivity index (χ4v) is 4.81. The van der Waals surface area contributed by atoms with Gasteiger partial charge in [-0.2, -0.15) is 26.3 Å². The minimum atomic E-state index is -5.94. The zero-order chi connectivity index (χ0) is 20.2. The number of rotatable bonds is 8. The van der Waals surface area contributed by atoms with Crippen molar-refractivity contribution in [3.05, 3.63) is 29.8 Å². The van der Waals surface area contributed by atoms with Crippen molar-refractivity contribution >= 4 is 14.0 Å². The first-order valence-electron chi connectivity index (χ1n) is 7.78. The molecule has 0 saturated carbocycles. The van der Waals surface area contributed by atoms with Gasteiger partial charge in [-0.15, -0.1) is 0 Å². The average Bonchev–Trinajstić information content (AvgIpc) is 2.52. The number of hydrogen-bond donors (Lipinski definition) is 1. The van der Waals surface area contributed by atoms with E-state index in [1.54, 1.807) is 20.8 Å². The number of halogens is 6. The molecule has 11 heteroatoms. The van der Waals surface area contributed by atoms with E-state index in [1.807, 2.05) is 0 Å². The lowest BCUT2D eigenvalue weighted by Crippen LogP contribution is -2.57. The van der Waals surface area contributed by atoms with Crippen LogP contribution in [0.5, 0.6) is 0 Å². The van der Waals surface area contributed by atoms with Gasteiger partial charge < -0.3 is 18.4 Å². The molecule has 0 aromatic heterocycles.